The van der Waals surface area contributed by atoms with E-state index in [0.717, 1.165) is 17.5 Å². The van der Waals surface area contributed by atoms with Crippen LogP contribution in [0.2, 0.25) is 0 Å². The molecule has 90 valence electrons. The molecule has 0 aliphatic rings. The first kappa shape index (κ1) is 11.8. The quantitative estimate of drug-likeness (QED) is 0.837. The molecule has 1 N–H and O–H groups in total. The number of furan rings is 1. The molecule has 0 aliphatic carbocycles. The summed E-state index contributed by atoms with van der Waals surface area (Å²) in [5, 5.41) is 10.00. The second kappa shape index (κ2) is 4.28. The van der Waals surface area contributed by atoms with Gasteiger partial charge in [-0.25, -0.2) is 0 Å². The minimum Gasteiger partial charge on any atom is -0.507 e. The van der Waals surface area contributed by atoms with Crippen molar-refractivity contribution < 1.29 is 9.52 Å². The summed E-state index contributed by atoms with van der Waals surface area (Å²) in [6.45, 7) is 6.56. The molecule has 0 spiro atoms. The molecule has 1 aromatic carbocycles. The average molecular weight is 230 g/mol. The van der Waals surface area contributed by atoms with Gasteiger partial charge >= 0.3 is 0 Å². The number of rotatable bonds is 2. The molecule has 0 atom stereocenters. The van der Waals surface area contributed by atoms with Gasteiger partial charge in [0.15, 0.2) is 0 Å². The van der Waals surface area contributed by atoms with E-state index in [1.54, 1.807) is 6.26 Å². The number of hydrogen-bond donors (Lipinski definition) is 1. The van der Waals surface area contributed by atoms with Crippen molar-refractivity contribution in [2.24, 2.45) is 5.41 Å². The predicted molar refractivity (Wildman–Crippen MR) is 69.0 cm³/mol. The lowest BCUT2D eigenvalue weighted by atomic mass is 9.88. The monoisotopic (exact) mass is 230 g/mol. The summed E-state index contributed by atoms with van der Waals surface area (Å²) in [6.07, 6.45) is 2.55. The van der Waals surface area contributed by atoms with Gasteiger partial charge in [-0.2, -0.15) is 0 Å². The van der Waals surface area contributed by atoms with Crippen LogP contribution in [0.15, 0.2) is 41.0 Å². The Balaban J connectivity index is 2.30. The molecule has 2 heteroatoms. The molecule has 0 unspecified atom stereocenters. The summed E-state index contributed by atoms with van der Waals surface area (Å²) in [5.41, 5.74) is 2.11. The SMILES string of the molecule is CC(C)(C)Cc1ccc(-c2ccco2)c(O)c1. The molecule has 2 aromatic rings. The fraction of sp³-hybridized carbons (Fsp3) is 0.333. The molecular formula is C15H18O2. The zero-order valence-corrected chi connectivity index (χ0v) is 10.5. The normalized spacial score (nSPS) is 11.7. The molecule has 0 saturated carbocycles. The maximum absolute atomic E-state index is 10.00. The van der Waals surface area contributed by atoms with Gasteiger partial charge < -0.3 is 9.52 Å². The Morgan fingerprint density at radius 2 is 1.94 bits per heavy atom. The van der Waals surface area contributed by atoms with Gasteiger partial charge in [0.2, 0.25) is 0 Å². The van der Waals surface area contributed by atoms with Crippen LogP contribution in [-0.2, 0) is 6.42 Å². The van der Waals surface area contributed by atoms with E-state index in [4.69, 9.17) is 4.42 Å². The standard InChI is InChI=1S/C15H18O2/c1-15(2,3)10-11-6-7-12(13(16)9-11)14-5-4-8-17-14/h4-9,16H,10H2,1-3H3. The van der Waals surface area contributed by atoms with Crippen LogP contribution in [0, 0.1) is 5.41 Å². The first-order chi connectivity index (χ1) is 7.96. The largest absolute Gasteiger partial charge is 0.507 e. The van der Waals surface area contributed by atoms with Crippen molar-refractivity contribution in [1.29, 1.82) is 0 Å². The Bertz CT molecular complexity index is 490. The van der Waals surface area contributed by atoms with Crippen molar-refractivity contribution in [3.8, 4) is 17.1 Å². The van der Waals surface area contributed by atoms with Crippen molar-refractivity contribution in [1.82, 2.24) is 0 Å². The van der Waals surface area contributed by atoms with E-state index in [1.165, 1.54) is 0 Å². The molecule has 17 heavy (non-hydrogen) atoms. The van der Waals surface area contributed by atoms with Gasteiger partial charge in [0.1, 0.15) is 11.5 Å². The zero-order chi connectivity index (χ0) is 12.5. The van der Waals surface area contributed by atoms with E-state index in [-0.39, 0.29) is 11.2 Å². The molecule has 1 aromatic heterocycles. The van der Waals surface area contributed by atoms with E-state index in [1.807, 2.05) is 30.3 Å². The highest BCUT2D eigenvalue weighted by Crippen LogP contribution is 2.32. The summed E-state index contributed by atoms with van der Waals surface area (Å²) in [5.74, 6) is 0.978. The summed E-state index contributed by atoms with van der Waals surface area (Å²) in [6, 6.07) is 9.44. The van der Waals surface area contributed by atoms with Gasteiger partial charge in [0, 0.05) is 0 Å². The summed E-state index contributed by atoms with van der Waals surface area (Å²) in [4.78, 5) is 0. The third-order valence-electron chi connectivity index (χ3n) is 2.58. The van der Waals surface area contributed by atoms with Crippen LogP contribution >= 0.6 is 0 Å². The minimum absolute atomic E-state index is 0.221. The number of benzene rings is 1. The highest BCUT2D eigenvalue weighted by Gasteiger charge is 2.13. The number of phenolic OH excluding ortho intramolecular Hbond substituents is 1. The molecule has 2 rings (SSSR count). The maximum Gasteiger partial charge on any atom is 0.137 e. The summed E-state index contributed by atoms with van der Waals surface area (Å²) < 4.78 is 5.28. The molecule has 0 radical (unpaired) electrons. The summed E-state index contributed by atoms with van der Waals surface area (Å²) in [7, 11) is 0. The lowest BCUT2D eigenvalue weighted by molar-refractivity contribution is 0.409. The Morgan fingerprint density at radius 1 is 1.18 bits per heavy atom. The molecule has 1 heterocycles. The number of aromatic hydroxyl groups is 1. The topological polar surface area (TPSA) is 33.4 Å². The van der Waals surface area contributed by atoms with Gasteiger partial charge in [-0.05, 0) is 41.7 Å². The van der Waals surface area contributed by atoms with Gasteiger partial charge in [-0.15, -0.1) is 0 Å². The second-order valence-electron chi connectivity index (χ2n) is 5.57. The molecule has 0 saturated heterocycles. The minimum atomic E-state index is 0.221. The Morgan fingerprint density at radius 3 is 2.47 bits per heavy atom. The highest BCUT2D eigenvalue weighted by atomic mass is 16.3. The molecule has 0 amide bonds. The van der Waals surface area contributed by atoms with Gasteiger partial charge in [0.05, 0.1) is 11.8 Å². The number of hydrogen-bond acceptors (Lipinski definition) is 2. The lowest BCUT2D eigenvalue weighted by Crippen LogP contribution is -2.08. The molecular weight excluding hydrogens is 212 g/mol. The maximum atomic E-state index is 10.00. The van der Waals surface area contributed by atoms with E-state index in [9.17, 15) is 5.11 Å². The van der Waals surface area contributed by atoms with Gasteiger partial charge in [0.25, 0.3) is 0 Å². The lowest BCUT2D eigenvalue weighted by Gasteiger charge is -2.18. The van der Waals surface area contributed by atoms with Crippen LogP contribution in [0.4, 0.5) is 0 Å². The van der Waals surface area contributed by atoms with Crippen LogP contribution in [0.25, 0.3) is 11.3 Å². The fourth-order valence-electron chi connectivity index (χ4n) is 1.94. The Kier molecular flexibility index (Phi) is 2.97. The van der Waals surface area contributed by atoms with Crippen LogP contribution in [0.3, 0.4) is 0 Å². The molecule has 0 bridgehead atoms. The molecule has 0 fully saturated rings. The first-order valence-electron chi connectivity index (χ1n) is 5.81. The van der Waals surface area contributed by atoms with Crippen LogP contribution in [0.1, 0.15) is 26.3 Å². The van der Waals surface area contributed by atoms with E-state index in [2.05, 4.69) is 20.8 Å². The third-order valence-corrected chi connectivity index (χ3v) is 2.58. The average Bonchev–Trinajstić information content (AvgIpc) is 2.68. The number of phenols is 1. The van der Waals surface area contributed by atoms with Crippen molar-refractivity contribution >= 4 is 0 Å². The van der Waals surface area contributed by atoms with Gasteiger partial charge in [-0.3, -0.25) is 0 Å². The Labute approximate surface area is 102 Å². The van der Waals surface area contributed by atoms with E-state index >= 15 is 0 Å². The Hall–Kier alpha value is -1.70. The zero-order valence-electron chi connectivity index (χ0n) is 10.5. The smallest absolute Gasteiger partial charge is 0.137 e. The predicted octanol–water partition coefficient (Wildman–Crippen LogP) is 4.24. The van der Waals surface area contributed by atoms with Crippen LogP contribution < -0.4 is 0 Å². The van der Waals surface area contributed by atoms with Crippen molar-refractivity contribution in [2.75, 3.05) is 0 Å². The fourth-order valence-corrected chi connectivity index (χ4v) is 1.94. The molecule has 0 aliphatic heterocycles. The molecule has 2 nitrogen and oxygen atoms in total. The van der Waals surface area contributed by atoms with Crippen molar-refractivity contribution in [3.63, 3.8) is 0 Å². The van der Waals surface area contributed by atoms with Crippen LogP contribution in [-0.4, -0.2) is 5.11 Å². The van der Waals surface area contributed by atoms with Crippen LogP contribution in [0.5, 0.6) is 5.75 Å². The summed E-state index contributed by atoms with van der Waals surface area (Å²) >= 11 is 0. The highest BCUT2D eigenvalue weighted by molar-refractivity contribution is 5.65. The second-order valence-corrected chi connectivity index (χ2v) is 5.57. The van der Waals surface area contributed by atoms with E-state index < -0.39 is 0 Å². The van der Waals surface area contributed by atoms with E-state index in [0.29, 0.717) is 5.76 Å². The first-order valence-corrected chi connectivity index (χ1v) is 5.81. The van der Waals surface area contributed by atoms with Crippen molar-refractivity contribution in [3.05, 3.63) is 42.2 Å². The van der Waals surface area contributed by atoms with Crippen molar-refractivity contribution in [2.45, 2.75) is 27.2 Å². The third kappa shape index (κ3) is 2.90. The van der Waals surface area contributed by atoms with Gasteiger partial charge in [-0.1, -0.05) is 26.8 Å².